The lowest BCUT2D eigenvalue weighted by atomic mass is 10.0. The second kappa shape index (κ2) is 6.42. The normalized spacial score (nSPS) is 26.7. The number of nitrogens with zero attached hydrogens (tertiary/aromatic N) is 4. The molecule has 2 heterocycles. The summed E-state index contributed by atoms with van der Waals surface area (Å²) in [6, 6.07) is 0.269. The van der Waals surface area contributed by atoms with E-state index in [4.69, 9.17) is 11.6 Å². The molecule has 1 N–H and O–H groups in total. The number of aliphatic hydroxyl groups excluding tert-OH is 1. The van der Waals surface area contributed by atoms with Crippen molar-refractivity contribution in [2.24, 2.45) is 0 Å². The van der Waals surface area contributed by atoms with Crippen LogP contribution in [0, 0.1) is 0 Å². The molecule has 1 saturated carbocycles. The number of halogens is 1. The average Bonchev–Trinajstić information content (AvgIpc) is 3.15. The number of aliphatic hydroxyl groups is 1. The van der Waals surface area contributed by atoms with Gasteiger partial charge in [-0.25, -0.2) is 0 Å². The van der Waals surface area contributed by atoms with Gasteiger partial charge < -0.3 is 10.0 Å². The van der Waals surface area contributed by atoms with Gasteiger partial charge in [-0.05, 0) is 33.1 Å². The lowest BCUT2D eigenvalue weighted by Crippen LogP contribution is -2.57. The third kappa shape index (κ3) is 3.25. The SMILES string of the molecule is CC(C)(C(=O)N1CCN([C@@H]2CCC[C@@H]2O)CC1)n1cc(Cl)cn1. The van der Waals surface area contributed by atoms with Crippen LogP contribution in [-0.4, -0.2) is 68.9 Å². The second-order valence-electron chi connectivity index (χ2n) is 7.06. The van der Waals surface area contributed by atoms with Crippen molar-refractivity contribution in [2.75, 3.05) is 26.2 Å². The van der Waals surface area contributed by atoms with Crippen LogP contribution in [0.25, 0.3) is 0 Å². The van der Waals surface area contributed by atoms with Crippen LogP contribution in [0.2, 0.25) is 5.02 Å². The summed E-state index contributed by atoms with van der Waals surface area (Å²) in [5.41, 5.74) is -0.748. The van der Waals surface area contributed by atoms with Crippen molar-refractivity contribution >= 4 is 17.5 Å². The van der Waals surface area contributed by atoms with Crippen LogP contribution >= 0.6 is 11.6 Å². The van der Waals surface area contributed by atoms with E-state index in [2.05, 4.69) is 10.00 Å². The number of hydrogen-bond donors (Lipinski definition) is 1. The molecule has 0 aromatic carbocycles. The predicted octanol–water partition coefficient (Wildman–Crippen LogP) is 1.33. The van der Waals surface area contributed by atoms with Crippen LogP contribution in [0.5, 0.6) is 0 Å². The maximum atomic E-state index is 12.9. The topological polar surface area (TPSA) is 61.6 Å². The van der Waals surface area contributed by atoms with E-state index in [1.54, 1.807) is 17.1 Å². The van der Waals surface area contributed by atoms with Crippen molar-refractivity contribution in [2.45, 2.75) is 50.8 Å². The summed E-state index contributed by atoms with van der Waals surface area (Å²) >= 11 is 5.92. The predicted molar refractivity (Wildman–Crippen MR) is 88.4 cm³/mol. The second-order valence-corrected chi connectivity index (χ2v) is 7.49. The molecule has 1 aromatic rings. The number of rotatable bonds is 3. The fourth-order valence-electron chi connectivity index (χ4n) is 3.69. The van der Waals surface area contributed by atoms with Gasteiger partial charge in [0.1, 0.15) is 5.54 Å². The smallest absolute Gasteiger partial charge is 0.250 e. The minimum absolute atomic E-state index is 0.0592. The van der Waals surface area contributed by atoms with Crippen molar-refractivity contribution in [1.82, 2.24) is 19.6 Å². The van der Waals surface area contributed by atoms with Gasteiger partial charge in [0.2, 0.25) is 5.91 Å². The molecule has 2 atom stereocenters. The van der Waals surface area contributed by atoms with E-state index >= 15 is 0 Å². The van der Waals surface area contributed by atoms with E-state index in [-0.39, 0.29) is 18.1 Å². The summed E-state index contributed by atoms with van der Waals surface area (Å²) in [5, 5.41) is 14.8. The minimum atomic E-state index is -0.748. The molecule has 1 saturated heterocycles. The fraction of sp³-hybridized carbons (Fsp3) is 0.750. The van der Waals surface area contributed by atoms with Gasteiger partial charge in [-0.2, -0.15) is 5.10 Å². The van der Waals surface area contributed by atoms with Gasteiger partial charge in [0.15, 0.2) is 0 Å². The molecule has 1 aromatic heterocycles. The molecule has 3 rings (SSSR count). The maximum absolute atomic E-state index is 12.9. The van der Waals surface area contributed by atoms with E-state index in [1.165, 1.54) is 0 Å². The molecule has 2 aliphatic rings. The summed E-state index contributed by atoms with van der Waals surface area (Å²) < 4.78 is 1.63. The Balaban J connectivity index is 1.61. The van der Waals surface area contributed by atoms with Crippen molar-refractivity contribution in [3.63, 3.8) is 0 Å². The standard InChI is InChI=1S/C16H25ClN4O2/c1-16(2,21-11-12(17)10-18-21)15(23)20-8-6-19(7-9-20)13-4-3-5-14(13)22/h10-11,13-14,22H,3-9H2,1-2H3/t13-,14+/m1/s1. The molecular formula is C16H25ClN4O2. The first-order valence-corrected chi connectivity index (χ1v) is 8.69. The van der Waals surface area contributed by atoms with Gasteiger partial charge in [-0.1, -0.05) is 11.6 Å². The maximum Gasteiger partial charge on any atom is 0.250 e. The molecule has 128 valence electrons. The molecule has 1 aliphatic carbocycles. The highest BCUT2D eigenvalue weighted by Crippen LogP contribution is 2.26. The van der Waals surface area contributed by atoms with Crippen molar-refractivity contribution in [3.05, 3.63) is 17.4 Å². The van der Waals surface area contributed by atoms with Gasteiger partial charge in [0.05, 0.1) is 17.3 Å². The lowest BCUT2D eigenvalue weighted by Gasteiger charge is -2.41. The number of hydrogen-bond acceptors (Lipinski definition) is 4. The number of piperazine rings is 1. The molecule has 0 bridgehead atoms. The van der Waals surface area contributed by atoms with Crippen LogP contribution in [0.4, 0.5) is 0 Å². The lowest BCUT2D eigenvalue weighted by molar-refractivity contribution is -0.142. The highest BCUT2D eigenvalue weighted by molar-refractivity contribution is 6.30. The van der Waals surface area contributed by atoms with Crippen LogP contribution in [0.15, 0.2) is 12.4 Å². The molecule has 0 spiro atoms. The number of aromatic nitrogens is 2. The van der Waals surface area contributed by atoms with E-state index in [1.807, 2.05) is 18.7 Å². The van der Waals surface area contributed by atoms with Crippen molar-refractivity contribution in [1.29, 1.82) is 0 Å². The van der Waals surface area contributed by atoms with Gasteiger partial charge >= 0.3 is 0 Å². The van der Waals surface area contributed by atoms with Gasteiger partial charge in [-0.3, -0.25) is 14.4 Å². The van der Waals surface area contributed by atoms with E-state index in [0.29, 0.717) is 18.1 Å². The highest BCUT2D eigenvalue weighted by atomic mass is 35.5. The summed E-state index contributed by atoms with van der Waals surface area (Å²) in [6.07, 6.45) is 6.09. The molecule has 0 unspecified atom stereocenters. The first-order valence-electron chi connectivity index (χ1n) is 8.32. The molecular weight excluding hydrogens is 316 g/mol. The average molecular weight is 341 g/mol. The summed E-state index contributed by atoms with van der Waals surface area (Å²) in [5.74, 6) is 0.0592. The Bertz CT molecular complexity index is 566. The summed E-state index contributed by atoms with van der Waals surface area (Å²) in [4.78, 5) is 17.1. The Labute approximate surface area is 142 Å². The van der Waals surface area contributed by atoms with Gasteiger partial charge in [-0.15, -0.1) is 0 Å². The molecule has 2 fully saturated rings. The van der Waals surface area contributed by atoms with Crippen LogP contribution in [-0.2, 0) is 10.3 Å². The molecule has 23 heavy (non-hydrogen) atoms. The van der Waals surface area contributed by atoms with Crippen LogP contribution in [0.1, 0.15) is 33.1 Å². The minimum Gasteiger partial charge on any atom is -0.391 e. The van der Waals surface area contributed by atoms with Crippen molar-refractivity contribution in [3.8, 4) is 0 Å². The van der Waals surface area contributed by atoms with Gasteiger partial charge in [0.25, 0.3) is 0 Å². The number of amides is 1. The summed E-state index contributed by atoms with van der Waals surface area (Å²) in [7, 11) is 0. The summed E-state index contributed by atoms with van der Waals surface area (Å²) in [6.45, 7) is 6.77. The number of carbonyl (C=O) groups excluding carboxylic acids is 1. The largest absolute Gasteiger partial charge is 0.391 e. The molecule has 6 nitrogen and oxygen atoms in total. The quantitative estimate of drug-likeness (QED) is 0.901. The fourth-order valence-corrected chi connectivity index (χ4v) is 3.83. The van der Waals surface area contributed by atoms with Gasteiger partial charge in [0, 0.05) is 38.4 Å². The molecule has 1 amide bonds. The van der Waals surface area contributed by atoms with E-state index in [9.17, 15) is 9.90 Å². The highest BCUT2D eigenvalue weighted by Gasteiger charge is 2.38. The first-order chi connectivity index (χ1) is 10.9. The zero-order valence-electron chi connectivity index (χ0n) is 13.8. The Hall–Kier alpha value is -1.11. The Morgan fingerprint density at radius 2 is 2.00 bits per heavy atom. The molecule has 7 heteroatoms. The molecule has 0 radical (unpaired) electrons. The number of carbonyl (C=O) groups is 1. The van der Waals surface area contributed by atoms with Crippen molar-refractivity contribution < 1.29 is 9.90 Å². The Kier molecular flexibility index (Phi) is 4.67. The zero-order valence-corrected chi connectivity index (χ0v) is 14.5. The zero-order chi connectivity index (χ0) is 16.6. The first kappa shape index (κ1) is 16.7. The molecule has 1 aliphatic heterocycles. The van der Waals surface area contributed by atoms with E-state index in [0.717, 1.165) is 32.4 Å². The third-order valence-electron chi connectivity index (χ3n) is 5.16. The Morgan fingerprint density at radius 1 is 1.30 bits per heavy atom. The Morgan fingerprint density at radius 3 is 2.52 bits per heavy atom. The van der Waals surface area contributed by atoms with Crippen LogP contribution < -0.4 is 0 Å². The third-order valence-corrected chi connectivity index (χ3v) is 5.36. The van der Waals surface area contributed by atoms with E-state index < -0.39 is 5.54 Å². The van der Waals surface area contributed by atoms with Crippen LogP contribution in [0.3, 0.4) is 0 Å². The monoisotopic (exact) mass is 340 g/mol.